The SMILES string of the molecule is COc1ccc(-n2nc(C)c(C(=O)O)c2C)nc1. The summed E-state index contributed by atoms with van der Waals surface area (Å²) in [6.45, 7) is 3.37. The summed E-state index contributed by atoms with van der Waals surface area (Å²) >= 11 is 0. The molecule has 0 aliphatic rings. The highest BCUT2D eigenvalue weighted by atomic mass is 16.5. The average Bonchev–Trinajstić information content (AvgIpc) is 2.65. The summed E-state index contributed by atoms with van der Waals surface area (Å²) in [5, 5.41) is 13.3. The lowest BCUT2D eigenvalue weighted by Crippen LogP contribution is -2.04. The van der Waals surface area contributed by atoms with Crippen molar-refractivity contribution in [2.75, 3.05) is 7.11 Å². The van der Waals surface area contributed by atoms with Crippen molar-refractivity contribution in [1.29, 1.82) is 0 Å². The number of aryl methyl sites for hydroxylation is 1. The molecule has 0 bridgehead atoms. The van der Waals surface area contributed by atoms with E-state index in [9.17, 15) is 4.79 Å². The number of pyridine rings is 1. The Bertz CT molecular complexity index is 587. The Morgan fingerprint density at radius 1 is 1.39 bits per heavy atom. The normalized spacial score (nSPS) is 10.4. The Morgan fingerprint density at radius 3 is 2.56 bits per heavy atom. The van der Waals surface area contributed by atoms with E-state index in [1.807, 2.05) is 0 Å². The summed E-state index contributed by atoms with van der Waals surface area (Å²) in [6, 6.07) is 3.48. The molecule has 0 spiro atoms. The topological polar surface area (TPSA) is 77.2 Å². The molecular formula is C12H13N3O3. The fraction of sp³-hybridized carbons (Fsp3) is 0.250. The largest absolute Gasteiger partial charge is 0.495 e. The highest BCUT2D eigenvalue weighted by molar-refractivity contribution is 5.90. The zero-order chi connectivity index (χ0) is 13.3. The van der Waals surface area contributed by atoms with Crippen LogP contribution in [-0.4, -0.2) is 33.0 Å². The zero-order valence-electron chi connectivity index (χ0n) is 10.3. The second kappa shape index (κ2) is 4.48. The number of rotatable bonds is 3. The molecule has 0 fully saturated rings. The quantitative estimate of drug-likeness (QED) is 0.891. The standard InChI is InChI=1S/C12H13N3O3/c1-7-11(12(16)17)8(2)15(14-7)10-5-4-9(18-3)6-13-10/h4-6H,1-3H3,(H,16,17). The number of carboxylic acids is 1. The van der Waals surface area contributed by atoms with Crippen LogP contribution in [0, 0.1) is 13.8 Å². The molecule has 2 aromatic heterocycles. The van der Waals surface area contributed by atoms with Gasteiger partial charge < -0.3 is 9.84 Å². The van der Waals surface area contributed by atoms with Gasteiger partial charge in [-0.1, -0.05) is 0 Å². The number of hydrogen-bond acceptors (Lipinski definition) is 4. The molecular weight excluding hydrogens is 234 g/mol. The van der Waals surface area contributed by atoms with Crippen LogP contribution in [0.3, 0.4) is 0 Å². The van der Waals surface area contributed by atoms with Crippen molar-refractivity contribution in [3.05, 3.63) is 35.3 Å². The molecule has 0 saturated heterocycles. The maximum Gasteiger partial charge on any atom is 0.339 e. The molecule has 0 unspecified atom stereocenters. The first kappa shape index (κ1) is 12.1. The van der Waals surface area contributed by atoms with Gasteiger partial charge in [0.1, 0.15) is 11.3 Å². The molecule has 0 aromatic carbocycles. The van der Waals surface area contributed by atoms with Crippen molar-refractivity contribution in [2.24, 2.45) is 0 Å². The van der Waals surface area contributed by atoms with Crippen LogP contribution >= 0.6 is 0 Å². The van der Waals surface area contributed by atoms with Crippen LogP contribution < -0.4 is 4.74 Å². The van der Waals surface area contributed by atoms with E-state index in [2.05, 4.69) is 10.1 Å². The predicted molar refractivity (Wildman–Crippen MR) is 64.3 cm³/mol. The Morgan fingerprint density at radius 2 is 2.11 bits per heavy atom. The Balaban J connectivity index is 2.50. The van der Waals surface area contributed by atoms with E-state index in [4.69, 9.17) is 9.84 Å². The van der Waals surface area contributed by atoms with Gasteiger partial charge >= 0.3 is 5.97 Å². The number of aromatic nitrogens is 3. The van der Waals surface area contributed by atoms with E-state index in [1.54, 1.807) is 39.3 Å². The monoisotopic (exact) mass is 247 g/mol. The van der Waals surface area contributed by atoms with Crippen LogP contribution in [-0.2, 0) is 0 Å². The van der Waals surface area contributed by atoms with Gasteiger partial charge in [-0.25, -0.2) is 14.5 Å². The van der Waals surface area contributed by atoms with E-state index in [0.29, 0.717) is 23.0 Å². The molecule has 0 aliphatic heterocycles. The summed E-state index contributed by atoms with van der Waals surface area (Å²) in [6.07, 6.45) is 1.56. The summed E-state index contributed by atoms with van der Waals surface area (Å²) in [7, 11) is 1.56. The van der Waals surface area contributed by atoms with Gasteiger partial charge in [-0.3, -0.25) is 0 Å². The number of carboxylic acid groups (broad SMARTS) is 1. The van der Waals surface area contributed by atoms with Gasteiger partial charge in [0.15, 0.2) is 5.82 Å². The fourth-order valence-electron chi connectivity index (χ4n) is 1.79. The third-order valence-electron chi connectivity index (χ3n) is 2.68. The fourth-order valence-corrected chi connectivity index (χ4v) is 1.79. The molecule has 1 N–H and O–H groups in total. The molecule has 0 atom stereocenters. The average molecular weight is 247 g/mol. The van der Waals surface area contributed by atoms with Crippen LogP contribution in [0.5, 0.6) is 5.75 Å². The zero-order valence-corrected chi connectivity index (χ0v) is 10.3. The Kier molecular flexibility index (Phi) is 3.01. The highest BCUT2D eigenvalue weighted by Crippen LogP contribution is 2.18. The molecule has 18 heavy (non-hydrogen) atoms. The van der Waals surface area contributed by atoms with Crippen molar-refractivity contribution < 1.29 is 14.6 Å². The number of aromatic carboxylic acids is 1. The highest BCUT2D eigenvalue weighted by Gasteiger charge is 2.18. The maximum atomic E-state index is 11.1. The van der Waals surface area contributed by atoms with Gasteiger partial charge in [0, 0.05) is 0 Å². The molecule has 0 saturated carbocycles. The van der Waals surface area contributed by atoms with Crippen LogP contribution in [0.4, 0.5) is 0 Å². The van der Waals surface area contributed by atoms with E-state index >= 15 is 0 Å². The first-order chi connectivity index (χ1) is 8.54. The van der Waals surface area contributed by atoms with Crippen molar-refractivity contribution in [1.82, 2.24) is 14.8 Å². The molecule has 6 nitrogen and oxygen atoms in total. The van der Waals surface area contributed by atoms with Gasteiger partial charge in [0.05, 0.1) is 24.7 Å². The van der Waals surface area contributed by atoms with Crippen molar-refractivity contribution in [3.63, 3.8) is 0 Å². The lowest BCUT2D eigenvalue weighted by molar-refractivity contribution is 0.0695. The second-order valence-corrected chi connectivity index (χ2v) is 3.82. The molecule has 6 heteroatoms. The molecule has 0 amide bonds. The Hall–Kier alpha value is -2.37. The first-order valence-corrected chi connectivity index (χ1v) is 5.34. The van der Waals surface area contributed by atoms with E-state index in [0.717, 1.165) is 0 Å². The van der Waals surface area contributed by atoms with Crippen LogP contribution in [0.15, 0.2) is 18.3 Å². The van der Waals surface area contributed by atoms with E-state index < -0.39 is 5.97 Å². The predicted octanol–water partition coefficient (Wildman–Crippen LogP) is 1.59. The molecule has 0 aliphatic carbocycles. The number of methoxy groups -OCH3 is 1. The number of carbonyl (C=O) groups is 1. The summed E-state index contributed by atoms with van der Waals surface area (Å²) < 4.78 is 6.53. The second-order valence-electron chi connectivity index (χ2n) is 3.82. The van der Waals surface area contributed by atoms with Crippen LogP contribution in [0.1, 0.15) is 21.7 Å². The molecule has 94 valence electrons. The summed E-state index contributed by atoms with van der Waals surface area (Å²) in [4.78, 5) is 15.3. The van der Waals surface area contributed by atoms with Gasteiger partial charge in [0.2, 0.25) is 0 Å². The van der Waals surface area contributed by atoms with Crippen LogP contribution in [0.2, 0.25) is 0 Å². The minimum atomic E-state index is -0.982. The lowest BCUT2D eigenvalue weighted by Gasteiger charge is -2.04. The van der Waals surface area contributed by atoms with Crippen molar-refractivity contribution >= 4 is 5.97 Å². The third kappa shape index (κ3) is 1.92. The third-order valence-corrected chi connectivity index (χ3v) is 2.68. The molecule has 2 aromatic rings. The lowest BCUT2D eigenvalue weighted by atomic mass is 10.2. The van der Waals surface area contributed by atoms with Crippen LogP contribution in [0.25, 0.3) is 5.82 Å². The number of hydrogen-bond donors (Lipinski definition) is 1. The number of nitrogens with zero attached hydrogens (tertiary/aromatic N) is 3. The van der Waals surface area contributed by atoms with E-state index in [1.165, 1.54) is 4.68 Å². The van der Waals surface area contributed by atoms with E-state index in [-0.39, 0.29) is 5.56 Å². The number of ether oxygens (including phenoxy) is 1. The molecule has 0 radical (unpaired) electrons. The molecule has 2 rings (SSSR count). The minimum absolute atomic E-state index is 0.215. The molecule has 2 heterocycles. The maximum absolute atomic E-state index is 11.1. The minimum Gasteiger partial charge on any atom is -0.495 e. The van der Waals surface area contributed by atoms with Crippen molar-refractivity contribution in [2.45, 2.75) is 13.8 Å². The Labute approximate surface area is 104 Å². The summed E-state index contributed by atoms with van der Waals surface area (Å²) in [5.74, 6) is 0.215. The van der Waals surface area contributed by atoms with Gasteiger partial charge in [-0.2, -0.15) is 5.10 Å². The smallest absolute Gasteiger partial charge is 0.339 e. The van der Waals surface area contributed by atoms with Gasteiger partial charge in [0.25, 0.3) is 0 Å². The van der Waals surface area contributed by atoms with Gasteiger partial charge in [-0.05, 0) is 26.0 Å². The van der Waals surface area contributed by atoms with Gasteiger partial charge in [-0.15, -0.1) is 0 Å². The van der Waals surface area contributed by atoms with Crippen molar-refractivity contribution in [3.8, 4) is 11.6 Å². The summed E-state index contributed by atoms with van der Waals surface area (Å²) in [5.41, 5.74) is 1.24. The first-order valence-electron chi connectivity index (χ1n) is 5.34.